The van der Waals surface area contributed by atoms with Crippen molar-refractivity contribution in [3.63, 3.8) is 0 Å². The van der Waals surface area contributed by atoms with Crippen LogP contribution in [0.1, 0.15) is 40.0 Å². The molecule has 110 valence electrons. The van der Waals surface area contributed by atoms with Crippen LogP contribution < -0.4 is 4.74 Å². The van der Waals surface area contributed by atoms with Crippen LogP contribution in [0.15, 0.2) is 16.7 Å². The Hall–Kier alpha value is -0.280. The van der Waals surface area contributed by atoms with Gasteiger partial charge >= 0.3 is 0 Å². The number of ether oxygens (including phenoxy) is 1. The first-order valence-corrected chi connectivity index (χ1v) is 8.56. The molecule has 2 unspecified atom stereocenters. The molecule has 3 saturated carbocycles. The van der Waals surface area contributed by atoms with Crippen molar-refractivity contribution in [3.05, 3.63) is 21.9 Å². The maximum Gasteiger partial charge on any atom is 0.138 e. The smallest absolute Gasteiger partial charge is 0.138 e. The summed E-state index contributed by atoms with van der Waals surface area (Å²) >= 11 is 9.50. The summed E-state index contributed by atoms with van der Waals surface area (Å²) in [6.45, 7) is 7.19. The summed E-state index contributed by atoms with van der Waals surface area (Å²) in [5.41, 5.74) is 0.267. The van der Waals surface area contributed by atoms with E-state index in [1.54, 1.807) is 6.20 Å². The van der Waals surface area contributed by atoms with E-state index in [0.29, 0.717) is 11.1 Å². The Bertz CT molecular complexity index is 523. The van der Waals surface area contributed by atoms with Crippen LogP contribution in [0, 0.1) is 23.2 Å². The van der Waals surface area contributed by atoms with Crippen molar-refractivity contribution < 1.29 is 4.74 Å². The molecule has 4 heteroatoms. The van der Waals surface area contributed by atoms with Crippen LogP contribution >= 0.6 is 27.5 Å². The lowest BCUT2D eigenvalue weighted by Crippen LogP contribution is -2.55. The molecular weight excluding hydrogens is 338 g/mol. The summed E-state index contributed by atoms with van der Waals surface area (Å²) in [5, 5.41) is 0.482. The van der Waals surface area contributed by atoms with Gasteiger partial charge in [-0.1, -0.05) is 32.4 Å². The van der Waals surface area contributed by atoms with Crippen molar-refractivity contribution in [2.75, 3.05) is 0 Å². The number of rotatable bonds is 2. The summed E-state index contributed by atoms with van der Waals surface area (Å²) in [5.74, 6) is 3.13. The van der Waals surface area contributed by atoms with Crippen LogP contribution in [0.2, 0.25) is 5.15 Å². The molecule has 2 bridgehead atoms. The molecule has 0 amide bonds. The number of hydrogen-bond acceptors (Lipinski definition) is 2. The van der Waals surface area contributed by atoms with Gasteiger partial charge in [0.1, 0.15) is 17.0 Å². The molecule has 0 saturated heterocycles. The van der Waals surface area contributed by atoms with Crippen LogP contribution in [0.25, 0.3) is 0 Å². The molecule has 3 aliphatic carbocycles. The SMILES string of the molecule is CC1C(C)[C@]2(C)CC[C@H]1C[C@H]2Oc1cc(Cl)ncc1Br. The summed E-state index contributed by atoms with van der Waals surface area (Å²) in [7, 11) is 0. The normalized spacial score (nSPS) is 39.9. The van der Waals surface area contributed by atoms with E-state index in [1.165, 1.54) is 12.8 Å². The molecule has 0 aliphatic heterocycles. The van der Waals surface area contributed by atoms with E-state index in [4.69, 9.17) is 16.3 Å². The quantitative estimate of drug-likeness (QED) is 0.666. The second-order valence-electron chi connectivity index (χ2n) is 6.73. The van der Waals surface area contributed by atoms with Crippen molar-refractivity contribution in [2.45, 2.75) is 46.1 Å². The van der Waals surface area contributed by atoms with E-state index >= 15 is 0 Å². The van der Waals surface area contributed by atoms with Gasteiger partial charge in [-0.25, -0.2) is 4.98 Å². The minimum atomic E-state index is 0.267. The van der Waals surface area contributed by atoms with E-state index < -0.39 is 0 Å². The molecule has 0 aromatic carbocycles. The number of pyridine rings is 1. The van der Waals surface area contributed by atoms with E-state index in [2.05, 4.69) is 41.7 Å². The highest BCUT2D eigenvalue weighted by Crippen LogP contribution is 2.57. The Kier molecular flexibility index (Phi) is 3.79. The van der Waals surface area contributed by atoms with Gasteiger partial charge < -0.3 is 4.74 Å². The molecule has 3 fully saturated rings. The van der Waals surface area contributed by atoms with Crippen LogP contribution in [-0.2, 0) is 0 Å². The summed E-state index contributed by atoms with van der Waals surface area (Å²) in [4.78, 5) is 4.06. The molecule has 0 spiro atoms. The van der Waals surface area contributed by atoms with E-state index in [-0.39, 0.29) is 11.5 Å². The number of aromatic nitrogens is 1. The van der Waals surface area contributed by atoms with Crippen LogP contribution in [0.3, 0.4) is 0 Å². The largest absolute Gasteiger partial charge is 0.488 e. The molecule has 4 rings (SSSR count). The third-order valence-corrected chi connectivity index (χ3v) is 6.74. The molecule has 1 aromatic heterocycles. The van der Waals surface area contributed by atoms with Gasteiger partial charge in [0.15, 0.2) is 0 Å². The molecular formula is C16H21BrClNO. The number of hydrogen-bond donors (Lipinski definition) is 0. The molecule has 0 radical (unpaired) electrons. The van der Waals surface area contributed by atoms with E-state index in [1.807, 2.05) is 6.07 Å². The molecule has 20 heavy (non-hydrogen) atoms. The van der Waals surface area contributed by atoms with Gasteiger partial charge in [0.25, 0.3) is 0 Å². The Morgan fingerprint density at radius 3 is 2.95 bits per heavy atom. The standard InChI is InChI=1S/C16H21BrClNO/c1-9-10(2)16(3)5-4-11(9)6-14(16)20-13-7-15(18)19-8-12(13)17/h7-11,14H,4-6H2,1-3H3/t9?,10?,11-,14+,16-/m0/s1. The lowest BCUT2D eigenvalue weighted by Gasteiger charge is -2.57. The number of fused-ring (bicyclic) bond motifs is 3. The van der Waals surface area contributed by atoms with Gasteiger partial charge in [-0.3, -0.25) is 0 Å². The highest BCUT2D eigenvalue weighted by atomic mass is 79.9. The van der Waals surface area contributed by atoms with Gasteiger partial charge in [-0.15, -0.1) is 0 Å². The molecule has 3 aliphatic rings. The van der Waals surface area contributed by atoms with Gasteiger partial charge in [-0.2, -0.15) is 0 Å². The van der Waals surface area contributed by atoms with Crippen molar-refractivity contribution >= 4 is 27.5 Å². The van der Waals surface area contributed by atoms with Crippen molar-refractivity contribution in [2.24, 2.45) is 23.2 Å². The minimum Gasteiger partial charge on any atom is -0.488 e. The van der Waals surface area contributed by atoms with Gasteiger partial charge in [-0.05, 0) is 52.9 Å². The van der Waals surface area contributed by atoms with E-state index in [9.17, 15) is 0 Å². The second kappa shape index (κ2) is 5.17. The van der Waals surface area contributed by atoms with Gasteiger partial charge in [0.05, 0.1) is 4.47 Å². The maximum absolute atomic E-state index is 6.35. The maximum atomic E-state index is 6.35. The Morgan fingerprint density at radius 1 is 1.45 bits per heavy atom. The van der Waals surface area contributed by atoms with Crippen molar-refractivity contribution in [1.82, 2.24) is 4.98 Å². The zero-order valence-electron chi connectivity index (χ0n) is 12.2. The summed E-state index contributed by atoms with van der Waals surface area (Å²) in [6, 6.07) is 1.81. The van der Waals surface area contributed by atoms with Crippen LogP contribution in [0.5, 0.6) is 5.75 Å². The van der Waals surface area contributed by atoms with Crippen LogP contribution in [-0.4, -0.2) is 11.1 Å². The molecule has 0 N–H and O–H groups in total. The average molecular weight is 359 g/mol. The third-order valence-electron chi connectivity index (χ3n) is 5.93. The predicted octanol–water partition coefficient (Wildman–Crippen LogP) is 5.34. The fourth-order valence-corrected chi connectivity index (χ4v) is 4.61. The zero-order valence-corrected chi connectivity index (χ0v) is 14.5. The van der Waals surface area contributed by atoms with Crippen molar-refractivity contribution in [3.8, 4) is 5.75 Å². The lowest BCUT2D eigenvalue weighted by atomic mass is 9.51. The number of halogens is 2. The molecule has 1 heterocycles. The topological polar surface area (TPSA) is 22.1 Å². The second-order valence-corrected chi connectivity index (χ2v) is 7.97. The Morgan fingerprint density at radius 2 is 2.20 bits per heavy atom. The lowest BCUT2D eigenvalue weighted by molar-refractivity contribution is -0.117. The zero-order chi connectivity index (χ0) is 14.5. The molecule has 5 atom stereocenters. The average Bonchev–Trinajstić information content (AvgIpc) is 2.42. The first-order chi connectivity index (χ1) is 9.41. The fourth-order valence-electron chi connectivity index (χ4n) is 4.15. The van der Waals surface area contributed by atoms with Crippen LogP contribution in [0.4, 0.5) is 0 Å². The first-order valence-electron chi connectivity index (χ1n) is 7.39. The molecule has 1 aromatic rings. The summed E-state index contributed by atoms with van der Waals surface area (Å²) in [6.07, 6.45) is 5.77. The Balaban J connectivity index is 1.86. The van der Waals surface area contributed by atoms with Crippen molar-refractivity contribution in [1.29, 1.82) is 0 Å². The first kappa shape index (κ1) is 14.6. The van der Waals surface area contributed by atoms with Gasteiger partial charge in [0.2, 0.25) is 0 Å². The number of nitrogens with zero attached hydrogens (tertiary/aromatic N) is 1. The highest BCUT2D eigenvalue weighted by molar-refractivity contribution is 9.10. The third kappa shape index (κ3) is 2.27. The minimum absolute atomic E-state index is 0.267. The van der Waals surface area contributed by atoms with E-state index in [0.717, 1.165) is 28.5 Å². The summed E-state index contributed by atoms with van der Waals surface area (Å²) < 4.78 is 7.23. The highest BCUT2D eigenvalue weighted by Gasteiger charge is 2.53. The Labute approximate surface area is 134 Å². The fraction of sp³-hybridized carbons (Fsp3) is 0.688. The molecule has 2 nitrogen and oxygen atoms in total. The monoisotopic (exact) mass is 357 g/mol. The predicted molar refractivity (Wildman–Crippen MR) is 85.1 cm³/mol. The van der Waals surface area contributed by atoms with Gasteiger partial charge in [0, 0.05) is 17.7 Å².